The van der Waals surface area contributed by atoms with E-state index in [0.717, 1.165) is 24.8 Å². The molecule has 2 N–H and O–H groups in total. The molecule has 0 aliphatic rings. The first-order valence-electron chi connectivity index (χ1n) is 6.30. The van der Waals surface area contributed by atoms with Crippen LogP contribution in [0.3, 0.4) is 0 Å². The molecule has 0 heterocycles. The molecule has 1 aromatic rings. The molecule has 19 heavy (non-hydrogen) atoms. The van der Waals surface area contributed by atoms with E-state index >= 15 is 0 Å². The van der Waals surface area contributed by atoms with Crippen LogP contribution in [0.25, 0.3) is 0 Å². The highest BCUT2D eigenvalue weighted by Crippen LogP contribution is 2.06. The van der Waals surface area contributed by atoms with Crippen molar-refractivity contribution in [2.24, 2.45) is 4.99 Å². The number of nitrogens with one attached hydrogen (secondary N) is 2. The molecule has 0 atom stereocenters. The molecular formula is C14H23N3OS. The number of ether oxygens (including phenoxy) is 1. The van der Waals surface area contributed by atoms with Gasteiger partial charge in [0.25, 0.3) is 0 Å². The van der Waals surface area contributed by atoms with Crippen LogP contribution in [0.2, 0.25) is 0 Å². The van der Waals surface area contributed by atoms with Crippen LogP contribution in [0, 0.1) is 0 Å². The normalized spacial score (nSPS) is 11.4. The van der Waals surface area contributed by atoms with Gasteiger partial charge in [-0.1, -0.05) is 24.3 Å². The Morgan fingerprint density at radius 1 is 1.32 bits per heavy atom. The van der Waals surface area contributed by atoms with E-state index in [1.54, 1.807) is 14.2 Å². The standard InChI is InChI=1S/C14H23N3OS/c1-15-14(16-7-8-19-3)17-10-12-5-4-6-13(9-12)11-18-2/h4-6,9H,7-8,10-11H2,1-3H3,(H2,15,16,17). The van der Waals surface area contributed by atoms with Crippen LogP contribution in [0.1, 0.15) is 11.1 Å². The first kappa shape index (κ1) is 15.9. The minimum absolute atomic E-state index is 0.647. The van der Waals surface area contributed by atoms with Gasteiger partial charge in [0, 0.05) is 33.0 Å². The molecule has 1 aromatic carbocycles. The Hall–Kier alpha value is -1.20. The molecule has 0 fully saturated rings. The average molecular weight is 281 g/mol. The number of methoxy groups -OCH3 is 1. The second kappa shape index (κ2) is 9.69. The fourth-order valence-electron chi connectivity index (χ4n) is 1.67. The lowest BCUT2D eigenvalue weighted by molar-refractivity contribution is 0.185. The summed E-state index contributed by atoms with van der Waals surface area (Å²) in [5.74, 6) is 1.91. The lowest BCUT2D eigenvalue weighted by atomic mass is 10.1. The van der Waals surface area contributed by atoms with Crippen LogP contribution >= 0.6 is 11.8 Å². The summed E-state index contributed by atoms with van der Waals surface area (Å²) in [6.45, 7) is 2.33. The number of aliphatic imine (C=N–C) groups is 1. The van der Waals surface area contributed by atoms with Crippen molar-refractivity contribution < 1.29 is 4.74 Å². The summed E-state index contributed by atoms with van der Waals surface area (Å²) in [5.41, 5.74) is 2.41. The lowest BCUT2D eigenvalue weighted by Gasteiger charge is -2.12. The number of rotatable bonds is 7. The van der Waals surface area contributed by atoms with Gasteiger partial charge in [-0.25, -0.2) is 0 Å². The number of guanidine groups is 1. The van der Waals surface area contributed by atoms with Crippen LogP contribution in [0.15, 0.2) is 29.3 Å². The highest BCUT2D eigenvalue weighted by atomic mass is 32.2. The Morgan fingerprint density at radius 2 is 2.11 bits per heavy atom. The molecule has 0 amide bonds. The van der Waals surface area contributed by atoms with E-state index in [2.05, 4.69) is 46.1 Å². The largest absolute Gasteiger partial charge is 0.380 e. The van der Waals surface area contributed by atoms with Crippen molar-refractivity contribution in [3.05, 3.63) is 35.4 Å². The smallest absolute Gasteiger partial charge is 0.191 e. The zero-order valence-electron chi connectivity index (χ0n) is 11.9. The molecular weight excluding hydrogens is 258 g/mol. The molecule has 5 heteroatoms. The van der Waals surface area contributed by atoms with Gasteiger partial charge >= 0.3 is 0 Å². The molecule has 0 radical (unpaired) electrons. The molecule has 0 saturated carbocycles. The molecule has 4 nitrogen and oxygen atoms in total. The fourth-order valence-corrected chi connectivity index (χ4v) is 1.98. The van der Waals surface area contributed by atoms with Gasteiger partial charge in [0.15, 0.2) is 5.96 Å². The van der Waals surface area contributed by atoms with Crippen molar-refractivity contribution in [1.29, 1.82) is 0 Å². The summed E-state index contributed by atoms with van der Waals surface area (Å²) in [7, 11) is 3.50. The van der Waals surface area contributed by atoms with E-state index in [0.29, 0.717) is 6.61 Å². The number of hydrogen-bond acceptors (Lipinski definition) is 3. The fraction of sp³-hybridized carbons (Fsp3) is 0.500. The van der Waals surface area contributed by atoms with E-state index in [9.17, 15) is 0 Å². The topological polar surface area (TPSA) is 45.7 Å². The molecule has 0 bridgehead atoms. The van der Waals surface area contributed by atoms with Crippen molar-refractivity contribution in [3.8, 4) is 0 Å². The molecule has 0 aliphatic carbocycles. The van der Waals surface area contributed by atoms with Gasteiger partial charge in [-0.3, -0.25) is 4.99 Å². The Balaban J connectivity index is 2.43. The molecule has 0 unspecified atom stereocenters. The monoisotopic (exact) mass is 281 g/mol. The summed E-state index contributed by atoms with van der Waals surface area (Å²) in [4.78, 5) is 4.19. The van der Waals surface area contributed by atoms with Gasteiger partial charge in [0.1, 0.15) is 0 Å². The summed E-state index contributed by atoms with van der Waals surface area (Å²) in [5, 5.41) is 6.58. The highest BCUT2D eigenvalue weighted by Gasteiger charge is 1.99. The number of nitrogens with zero attached hydrogens (tertiary/aromatic N) is 1. The molecule has 0 spiro atoms. The Morgan fingerprint density at radius 3 is 2.79 bits per heavy atom. The SMILES string of the molecule is CN=C(NCCSC)NCc1cccc(COC)c1. The zero-order chi connectivity index (χ0) is 13.9. The number of hydrogen-bond donors (Lipinski definition) is 2. The molecule has 1 rings (SSSR count). The summed E-state index contributed by atoms with van der Waals surface area (Å²) in [6, 6.07) is 8.36. The quantitative estimate of drug-likeness (QED) is 0.455. The van der Waals surface area contributed by atoms with E-state index in [1.807, 2.05) is 11.8 Å². The molecule has 0 aliphatic heterocycles. The van der Waals surface area contributed by atoms with Gasteiger partial charge < -0.3 is 15.4 Å². The minimum atomic E-state index is 0.647. The number of benzene rings is 1. The summed E-state index contributed by atoms with van der Waals surface area (Å²) >= 11 is 1.82. The average Bonchev–Trinajstić information content (AvgIpc) is 2.43. The maximum absolute atomic E-state index is 5.14. The Bertz CT molecular complexity index is 396. The van der Waals surface area contributed by atoms with Gasteiger partial charge in [-0.2, -0.15) is 11.8 Å². The molecule has 106 valence electrons. The molecule has 0 saturated heterocycles. The first-order valence-corrected chi connectivity index (χ1v) is 7.69. The van der Waals surface area contributed by atoms with E-state index < -0.39 is 0 Å². The summed E-state index contributed by atoms with van der Waals surface area (Å²) in [6.07, 6.45) is 2.10. The van der Waals surface area contributed by atoms with Crippen molar-refractivity contribution in [3.63, 3.8) is 0 Å². The van der Waals surface area contributed by atoms with Gasteiger partial charge in [0.2, 0.25) is 0 Å². The zero-order valence-corrected chi connectivity index (χ0v) is 12.7. The highest BCUT2D eigenvalue weighted by molar-refractivity contribution is 7.98. The van der Waals surface area contributed by atoms with Gasteiger partial charge in [0.05, 0.1) is 6.61 Å². The van der Waals surface area contributed by atoms with Crippen molar-refractivity contribution in [2.45, 2.75) is 13.2 Å². The maximum atomic E-state index is 5.14. The van der Waals surface area contributed by atoms with Crippen molar-refractivity contribution in [2.75, 3.05) is 32.7 Å². The van der Waals surface area contributed by atoms with Crippen LogP contribution < -0.4 is 10.6 Å². The predicted molar refractivity (Wildman–Crippen MR) is 83.7 cm³/mol. The second-order valence-electron chi connectivity index (χ2n) is 4.10. The third-order valence-electron chi connectivity index (χ3n) is 2.58. The Labute approximate surface area is 120 Å². The van der Waals surface area contributed by atoms with Crippen LogP contribution in [0.5, 0.6) is 0 Å². The van der Waals surface area contributed by atoms with Gasteiger partial charge in [-0.15, -0.1) is 0 Å². The Kier molecular flexibility index (Phi) is 8.09. The number of thioether (sulfide) groups is 1. The third-order valence-corrected chi connectivity index (χ3v) is 3.20. The lowest BCUT2D eigenvalue weighted by Crippen LogP contribution is -2.37. The molecule has 0 aromatic heterocycles. The van der Waals surface area contributed by atoms with Crippen LogP contribution in [-0.2, 0) is 17.9 Å². The predicted octanol–water partition coefficient (Wildman–Crippen LogP) is 1.86. The summed E-state index contributed by atoms with van der Waals surface area (Å²) < 4.78 is 5.14. The van der Waals surface area contributed by atoms with Crippen molar-refractivity contribution in [1.82, 2.24) is 10.6 Å². The van der Waals surface area contributed by atoms with Gasteiger partial charge in [-0.05, 0) is 17.4 Å². The van der Waals surface area contributed by atoms with E-state index in [1.165, 1.54) is 11.1 Å². The minimum Gasteiger partial charge on any atom is -0.380 e. The third kappa shape index (κ3) is 6.50. The van der Waals surface area contributed by atoms with Crippen LogP contribution in [0.4, 0.5) is 0 Å². The maximum Gasteiger partial charge on any atom is 0.191 e. The second-order valence-corrected chi connectivity index (χ2v) is 5.08. The first-order chi connectivity index (χ1) is 9.30. The van der Waals surface area contributed by atoms with Crippen LogP contribution in [-0.4, -0.2) is 38.7 Å². The van der Waals surface area contributed by atoms with E-state index in [-0.39, 0.29) is 0 Å². The van der Waals surface area contributed by atoms with Crippen molar-refractivity contribution >= 4 is 17.7 Å². The van der Waals surface area contributed by atoms with E-state index in [4.69, 9.17) is 4.74 Å².